The van der Waals surface area contributed by atoms with Gasteiger partial charge in [0.1, 0.15) is 11.6 Å². The van der Waals surface area contributed by atoms with Crippen molar-refractivity contribution in [1.82, 2.24) is 19.8 Å². The molecule has 0 saturated carbocycles. The molecule has 0 aliphatic rings. The molecule has 8 heteroatoms. The summed E-state index contributed by atoms with van der Waals surface area (Å²) in [7, 11) is 0. The van der Waals surface area contributed by atoms with E-state index in [1.54, 1.807) is 24.0 Å². The maximum Gasteiger partial charge on any atom is 0.233 e. The Labute approximate surface area is 132 Å². The highest BCUT2D eigenvalue weighted by atomic mass is 32.2. The number of aromatic nitrogens is 3. The van der Waals surface area contributed by atoms with Crippen molar-refractivity contribution in [3.8, 4) is 0 Å². The van der Waals surface area contributed by atoms with Gasteiger partial charge in [0, 0.05) is 13.1 Å². The first-order valence-corrected chi connectivity index (χ1v) is 7.82. The highest BCUT2D eigenvalue weighted by molar-refractivity contribution is 7.99. The molecule has 22 heavy (non-hydrogen) atoms. The minimum atomic E-state index is -0.304. The van der Waals surface area contributed by atoms with Gasteiger partial charge in [-0.1, -0.05) is 23.9 Å². The third kappa shape index (κ3) is 3.97. The molecular formula is C14H18FN5OS. The first-order chi connectivity index (χ1) is 10.5. The molecule has 0 radical (unpaired) electrons. The van der Waals surface area contributed by atoms with E-state index in [1.807, 2.05) is 6.92 Å². The van der Waals surface area contributed by atoms with E-state index < -0.39 is 0 Å². The molecule has 0 spiro atoms. The molecule has 0 aliphatic heterocycles. The largest absolute Gasteiger partial charge is 0.338 e. The maximum atomic E-state index is 13.2. The van der Waals surface area contributed by atoms with Crippen LogP contribution in [0.4, 0.5) is 4.39 Å². The van der Waals surface area contributed by atoms with E-state index in [9.17, 15) is 9.18 Å². The van der Waals surface area contributed by atoms with Crippen molar-refractivity contribution in [3.05, 3.63) is 41.5 Å². The Morgan fingerprint density at radius 1 is 1.45 bits per heavy atom. The summed E-state index contributed by atoms with van der Waals surface area (Å²) in [6.07, 6.45) is 0. The van der Waals surface area contributed by atoms with Gasteiger partial charge in [-0.3, -0.25) is 4.79 Å². The summed E-state index contributed by atoms with van der Waals surface area (Å²) in [6.45, 7) is 4.55. The third-order valence-corrected chi connectivity index (χ3v) is 4.08. The fourth-order valence-electron chi connectivity index (χ4n) is 1.90. The quantitative estimate of drug-likeness (QED) is 0.645. The maximum absolute atomic E-state index is 13.2. The number of benzene rings is 1. The molecule has 0 unspecified atom stereocenters. The zero-order valence-corrected chi connectivity index (χ0v) is 13.3. The number of halogens is 1. The molecule has 2 rings (SSSR count). The van der Waals surface area contributed by atoms with Crippen LogP contribution in [0.3, 0.4) is 0 Å². The number of hydrogen-bond acceptors (Lipinski definition) is 5. The first-order valence-electron chi connectivity index (χ1n) is 6.83. The van der Waals surface area contributed by atoms with E-state index >= 15 is 0 Å². The van der Waals surface area contributed by atoms with Gasteiger partial charge in [-0.05, 0) is 31.5 Å². The summed E-state index contributed by atoms with van der Waals surface area (Å²) in [6, 6.07) is 6.25. The van der Waals surface area contributed by atoms with Crippen molar-refractivity contribution in [2.24, 2.45) is 0 Å². The third-order valence-electron chi connectivity index (χ3n) is 3.16. The highest BCUT2D eigenvalue weighted by Gasteiger charge is 2.15. The average Bonchev–Trinajstić information content (AvgIpc) is 2.82. The summed E-state index contributed by atoms with van der Waals surface area (Å²) in [5, 5.41) is 8.23. The second kappa shape index (κ2) is 7.26. The molecule has 0 bridgehead atoms. The Balaban J connectivity index is 1.95. The zero-order chi connectivity index (χ0) is 16.1. The van der Waals surface area contributed by atoms with Crippen LogP contribution >= 0.6 is 11.8 Å². The Hall–Kier alpha value is -2.09. The Bertz CT molecular complexity index is 660. The van der Waals surface area contributed by atoms with Crippen LogP contribution in [0.5, 0.6) is 0 Å². The van der Waals surface area contributed by atoms with Crippen LogP contribution in [0.2, 0.25) is 0 Å². The van der Waals surface area contributed by atoms with Gasteiger partial charge in [0.25, 0.3) is 0 Å². The van der Waals surface area contributed by atoms with Gasteiger partial charge < -0.3 is 10.7 Å². The monoisotopic (exact) mass is 323 g/mol. The van der Waals surface area contributed by atoms with Crippen LogP contribution in [0, 0.1) is 12.7 Å². The van der Waals surface area contributed by atoms with Gasteiger partial charge in [0.15, 0.2) is 0 Å². The van der Waals surface area contributed by atoms with E-state index in [4.69, 9.17) is 5.84 Å². The van der Waals surface area contributed by atoms with Crippen LogP contribution in [0.25, 0.3) is 0 Å². The van der Waals surface area contributed by atoms with Gasteiger partial charge in [0.05, 0.1) is 5.75 Å². The lowest BCUT2D eigenvalue weighted by molar-refractivity contribution is -0.128. The highest BCUT2D eigenvalue weighted by Crippen LogP contribution is 2.16. The Morgan fingerprint density at radius 2 is 2.23 bits per heavy atom. The lowest BCUT2D eigenvalue weighted by atomic mass is 10.2. The lowest BCUT2D eigenvalue weighted by Gasteiger charge is -2.20. The number of nitrogens with zero attached hydrogens (tertiary/aromatic N) is 4. The minimum Gasteiger partial charge on any atom is -0.338 e. The fraction of sp³-hybridized carbons (Fsp3) is 0.357. The molecule has 1 aromatic heterocycles. The van der Waals surface area contributed by atoms with Crippen molar-refractivity contribution in [2.75, 3.05) is 18.1 Å². The molecule has 2 aromatic rings. The fourth-order valence-corrected chi connectivity index (χ4v) is 2.70. The minimum absolute atomic E-state index is 0.0579. The number of aryl methyl sites for hydroxylation is 1. The second-order valence-electron chi connectivity index (χ2n) is 4.73. The second-order valence-corrected chi connectivity index (χ2v) is 5.67. The smallest absolute Gasteiger partial charge is 0.233 e. The van der Waals surface area contributed by atoms with E-state index in [2.05, 4.69) is 10.2 Å². The molecular weight excluding hydrogens is 305 g/mol. The van der Waals surface area contributed by atoms with E-state index in [-0.39, 0.29) is 17.5 Å². The number of carbonyl (C=O) groups excluding carboxylic acids is 1. The molecule has 0 atom stereocenters. The van der Waals surface area contributed by atoms with E-state index in [1.165, 1.54) is 28.6 Å². The molecule has 118 valence electrons. The number of nitrogen functional groups attached to an aromatic ring is 1. The van der Waals surface area contributed by atoms with Crippen LogP contribution in [-0.4, -0.2) is 38.0 Å². The van der Waals surface area contributed by atoms with Gasteiger partial charge >= 0.3 is 0 Å². The average molecular weight is 323 g/mol. The molecule has 6 nitrogen and oxygen atoms in total. The number of rotatable bonds is 6. The molecule has 1 heterocycles. The number of amides is 1. The number of thioether (sulfide) groups is 1. The first kappa shape index (κ1) is 16.3. The molecule has 2 N–H and O–H groups in total. The number of nitrogens with two attached hydrogens (primary N) is 1. The van der Waals surface area contributed by atoms with Gasteiger partial charge in [-0.2, -0.15) is 0 Å². The van der Waals surface area contributed by atoms with Gasteiger partial charge in [0.2, 0.25) is 11.1 Å². The topological polar surface area (TPSA) is 77.0 Å². The summed E-state index contributed by atoms with van der Waals surface area (Å²) in [5.41, 5.74) is 0.762. The normalized spacial score (nSPS) is 10.7. The summed E-state index contributed by atoms with van der Waals surface area (Å²) in [4.78, 5) is 13.9. The predicted octanol–water partition coefficient (Wildman–Crippen LogP) is 1.58. The van der Waals surface area contributed by atoms with Crippen molar-refractivity contribution in [1.29, 1.82) is 0 Å². The van der Waals surface area contributed by atoms with Crippen LogP contribution in [-0.2, 0) is 11.3 Å². The molecule has 1 aromatic carbocycles. The van der Waals surface area contributed by atoms with E-state index in [0.717, 1.165) is 5.56 Å². The SMILES string of the molecule is CCN(Cc1cccc(F)c1)C(=O)CSc1nnc(C)n1N. The summed E-state index contributed by atoms with van der Waals surface area (Å²) in [5.74, 6) is 6.17. The van der Waals surface area contributed by atoms with Crippen LogP contribution in [0.1, 0.15) is 18.3 Å². The Kier molecular flexibility index (Phi) is 5.37. The lowest BCUT2D eigenvalue weighted by Crippen LogP contribution is -2.32. The standard InChI is InChI=1S/C14H18FN5OS/c1-3-19(8-11-5-4-6-12(15)7-11)13(21)9-22-14-18-17-10(2)20(14)16/h4-7H,3,8-9,16H2,1-2H3. The van der Waals surface area contributed by atoms with Crippen molar-refractivity contribution < 1.29 is 9.18 Å². The molecule has 0 aliphatic carbocycles. The van der Waals surface area contributed by atoms with Crippen molar-refractivity contribution in [3.63, 3.8) is 0 Å². The molecule has 0 saturated heterocycles. The summed E-state index contributed by atoms with van der Waals surface area (Å²) < 4.78 is 14.5. The molecule has 0 fully saturated rings. The van der Waals surface area contributed by atoms with Gasteiger partial charge in [-0.25, -0.2) is 9.07 Å². The van der Waals surface area contributed by atoms with Crippen LogP contribution < -0.4 is 5.84 Å². The van der Waals surface area contributed by atoms with Gasteiger partial charge in [-0.15, -0.1) is 10.2 Å². The predicted molar refractivity (Wildman–Crippen MR) is 83.1 cm³/mol. The number of carbonyl (C=O) groups is 1. The van der Waals surface area contributed by atoms with Crippen molar-refractivity contribution in [2.45, 2.75) is 25.5 Å². The summed E-state index contributed by atoms with van der Waals surface area (Å²) >= 11 is 1.23. The molecule has 1 amide bonds. The Morgan fingerprint density at radius 3 is 2.82 bits per heavy atom. The van der Waals surface area contributed by atoms with Crippen LogP contribution in [0.15, 0.2) is 29.4 Å². The zero-order valence-electron chi connectivity index (χ0n) is 12.5. The van der Waals surface area contributed by atoms with Crippen molar-refractivity contribution >= 4 is 17.7 Å². The van der Waals surface area contributed by atoms with E-state index in [0.29, 0.717) is 24.1 Å². The number of hydrogen-bond donors (Lipinski definition) is 1.